The second-order valence-corrected chi connectivity index (χ2v) is 6.37. The van der Waals surface area contributed by atoms with E-state index in [2.05, 4.69) is 22.0 Å². The molecule has 0 bridgehead atoms. The molecular formula is C15H20BrN2O3+. The van der Waals surface area contributed by atoms with Crippen LogP contribution in [0.3, 0.4) is 0 Å². The van der Waals surface area contributed by atoms with Crippen LogP contribution in [0.15, 0.2) is 16.6 Å². The number of carbonyl (C=O) groups excluding carboxylic acids is 1. The summed E-state index contributed by atoms with van der Waals surface area (Å²) in [5, 5.41) is 0. The Morgan fingerprint density at radius 2 is 1.86 bits per heavy atom. The van der Waals surface area contributed by atoms with Crippen LogP contribution >= 0.6 is 15.9 Å². The van der Waals surface area contributed by atoms with Gasteiger partial charge in [-0.1, -0.05) is 15.9 Å². The van der Waals surface area contributed by atoms with Gasteiger partial charge in [-0.15, -0.1) is 0 Å². The van der Waals surface area contributed by atoms with Crippen LogP contribution in [0.2, 0.25) is 0 Å². The fourth-order valence-corrected chi connectivity index (χ4v) is 3.29. The summed E-state index contributed by atoms with van der Waals surface area (Å²) in [6.07, 6.45) is 0. The Labute approximate surface area is 132 Å². The number of halogens is 1. The molecule has 2 aliphatic heterocycles. The van der Waals surface area contributed by atoms with Crippen LogP contribution in [-0.4, -0.2) is 50.2 Å². The van der Waals surface area contributed by atoms with E-state index in [1.165, 1.54) is 10.5 Å². The van der Waals surface area contributed by atoms with Crippen molar-refractivity contribution in [1.29, 1.82) is 0 Å². The van der Waals surface area contributed by atoms with Crippen molar-refractivity contribution in [1.82, 2.24) is 4.90 Å². The average molecular weight is 356 g/mol. The van der Waals surface area contributed by atoms with E-state index in [9.17, 15) is 4.79 Å². The average Bonchev–Trinajstić information content (AvgIpc) is 2.48. The molecule has 1 fully saturated rings. The molecule has 5 nitrogen and oxygen atoms in total. The van der Waals surface area contributed by atoms with Gasteiger partial charge in [-0.05, 0) is 12.1 Å². The van der Waals surface area contributed by atoms with Crippen LogP contribution in [0.1, 0.15) is 12.5 Å². The van der Waals surface area contributed by atoms with Crippen LogP contribution in [0.4, 0.5) is 0 Å². The van der Waals surface area contributed by atoms with E-state index in [1.807, 2.05) is 11.0 Å². The number of piperazine rings is 1. The molecule has 2 aliphatic rings. The second-order valence-electron chi connectivity index (χ2n) is 5.52. The Bertz CT molecular complexity index is 542. The van der Waals surface area contributed by atoms with E-state index >= 15 is 0 Å². The van der Waals surface area contributed by atoms with E-state index in [0.29, 0.717) is 13.2 Å². The number of nitrogens with one attached hydrogen (secondary N) is 1. The lowest BCUT2D eigenvalue weighted by Gasteiger charge is -2.32. The smallest absolute Gasteiger partial charge is 0.219 e. The molecule has 114 valence electrons. The molecule has 0 aromatic heterocycles. The van der Waals surface area contributed by atoms with Crippen LogP contribution < -0.4 is 14.4 Å². The molecule has 0 aliphatic carbocycles. The van der Waals surface area contributed by atoms with Crippen molar-refractivity contribution >= 4 is 21.8 Å². The van der Waals surface area contributed by atoms with Crippen LogP contribution in [0.25, 0.3) is 0 Å². The van der Waals surface area contributed by atoms with E-state index in [0.717, 1.165) is 48.7 Å². The van der Waals surface area contributed by atoms with Gasteiger partial charge in [-0.3, -0.25) is 4.79 Å². The van der Waals surface area contributed by atoms with Crippen LogP contribution in [0, 0.1) is 0 Å². The molecule has 3 rings (SSSR count). The van der Waals surface area contributed by atoms with Gasteiger partial charge >= 0.3 is 0 Å². The first-order valence-corrected chi connectivity index (χ1v) is 8.10. The molecule has 6 heteroatoms. The van der Waals surface area contributed by atoms with Gasteiger partial charge in [0.25, 0.3) is 0 Å². The molecule has 1 aromatic carbocycles. The lowest BCUT2D eigenvalue weighted by atomic mass is 10.1. The maximum absolute atomic E-state index is 11.4. The number of rotatable bonds is 2. The zero-order chi connectivity index (χ0) is 14.8. The van der Waals surface area contributed by atoms with E-state index in [-0.39, 0.29) is 5.91 Å². The molecule has 0 spiro atoms. The van der Waals surface area contributed by atoms with Crippen molar-refractivity contribution in [2.24, 2.45) is 0 Å². The van der Waals surface area contributed by atoms with E-state index in [4.69, 9.17) is 9.47 Å². The largest absolute Gasteiger partial charge is 0.486 e. The predicted molar refractivity (Wildman–Crippen MR) is 81.8 cm³/mol. The molecule has 1 amide bonds. The highest BCUT2D eigenvalue weighted by atomic mass is 79.9. The molecule has 1 saturated heterocycles. The minimum atomic E-state index is 0.176. The summed E-state index contributed by atoms with van der Waals surface area (Å²) in [4.78, 5) is 14.8. The van der Waals surface area contributed by atoms with Gasteiger partial charge < -0.3 is 19.3 Å². The first-order chi connectivity index (χ1) is 10.1. The Morgan fingerprint density at radius 3 is 2.48 bits per heavy atom. The van der Waals surface area contributed by atoms with Crippen LogP contribution in [0.5, 0.6) is 11.5 Å². The van der Waals surface area contributed by atoms with Gasteiger partial charge in [-0.25, -0.2) is 0 Å². The minimum Gasteiger partial charge on any atom is -0.486 e. The van der Waals surface area contributed by atoms with Gasteiger partial charge in [-0.2, -0.15) is 0 Å². The minimum absolute atomic E-state index is 0.176. The standard InChI is InChI=1S/C15H19BrN2O3/c1-11(19)18-4-2-17(3-5-18)10-12-8-14-15(9-13(12)16)21-7-6-20-14/h8-9H,2-7,10H2,1H3/p+1. The summed E-state index contributed by atoms with van der Waals surface area (Å²) in [6, 6.07) is 4.07. The number of ether oxygens (including phenoxy) is 2. The molecule has 1 N–H and O–H groups in total. The van der Waals surface area contributed by atoms with Crippen LogP contribution in [-0.2, 0) is 11.3 Å². The Morgan fingerprint density at radius 1 is 1.24 bits per heavy atom. The number of quaternary nitrogens is 1. The molecule has 0 saturated carbocycles. The van der Waals surface area contributed by atoms with Gasteiger partial charge in [0.1, 0.15) is 19.8 Å². The Kier molecular flexibility index (Phi) is 4.35. The highest BCUT2D eigenvalue weighted by Gasteiger charge is 2.23. The van der Waals surface area contributed by atoms with E-state index < -0.39 is 0 Å². The molecule has 21 heavy (non-hydrogen) atoms. The summed E-state index contributed by atoms with van der Waals surface area (Å²) in [7, 11) is 0. The monoisotopic (exact) mass is 355 g/mol. The third-order valence-electron chi connectivity index (χ3n) is 4.07. The number of fused-ring (bicyclic) bond motifs is 1. The van der Waals surface area contributed by atoms with Crippen molar-refractivity contribution in [2.45, 2.75) is 13.5 Å². The SMILES string of the molecule is CC(=O)N1CC[NH+](Cc2cc3c(cc2Br)OCCO3)CC1. The highest BCUT2D eigenvalue weighted by molar-refractivity contribution is 9.10. The lowest BCUT2D eigenvalue weighted by molar-refractivity contribution is -0.917. The molecule has 0 radical (unpaired) electrons. The summed E-state index contributed by atoms with van der Waals surface area (Å²) in [5.41, 5.74) is 1.23. The molecule has 0 atom stereocenters. The van der Waals surface area contributed by atoms with Gasteiger partial charge in [0.2, 0.25) is 5.91 Å². The zero-order valence-corrected chi connectivity index (χ0v) is 13.7. The summed E-state index contributed by atoms with van der Waals surface area (Å²) < 4.78 is 12.3. The fraction of sp³-hybridized carbons (Fsp3) is 0.533. The Hall–Kier alpha value is -1.27. The second kappa shape index (κ2) is 6.23. The third-order valence-corrected chi connectivity index (χ3v) is 4.81. The molecular weight excluding hydrogens is 336 g/mol. The Balaban J connectivity index is 1.67. The molecule has 1 aromatic rings. The fourth-order valence-electron chi connectivity index (χ4n) is 2.83. The van der Waals surface area contributed by atoms with Gasteiger partial charge in [0, 0.05) is 17.0 Å². The quantitative estimate of drug-likeness (QED) is 0.838. The topological polar surface area (TPSA) is 43.2 Å². The maximum atomic E-state index is 11.4. The third kappa shape index (κ3) is 3.32. The number of benzene rings is 1. The normalized spacial score (nSPS) is 18.7. The maximum Gasteiger partial charge on any atom is 0.219 e. The number of hydrogen-bond acceptors (Lipinski definition) is 3. The lowest BCUT2D eigenvalue weighted by Crippen LogP contribution is -3.13. The van der Waals surface area contributed by atoms with Crippen molar-refractivity contribution in [3.63, 3.8) is 0 Å². The van der Waals surface area contributed by atoms with Gasteiger partial charge in [0.05, 0.1) is 26.2 Å². The van der Waals surface area contributed by atoms with Crippen molar-refractivity contribution in [3.05, 3.63) is 22.2 Å². The zero-order valence-electron chi connectivity index (χ0n) is 12.2. The number of hydrogen-bond donors (Lipinski definition) is 1. The first kappa shape index (κ1) is 14.7. The molecule has 2 heterocycles. The molecule has 0 unspecified atom stereocenters. The summed E-state index contributed by atoms with van der Waals surface area (Å²) >= 11 is 3.62. The highest BCUT2D eigenvalue weighted by Crippen LogP contribution is 2.35. The predicted octanol–water partition coefficient (Wildman–Crippen LogP) is 0.467. The van der Waals surface area contributed by atoms with Crippen molar-refractivity contribution < 1.29 is 19.2 Å². The number of nitrogens with zero attached hydrogens (tertiary/aromatic N) is 1. The van der Waals surface area contributed by atoms with Crippen molar-refractivity contribution in [3.8, 4) is 11.5 Å². The van der Waals surface area contributed by atoms with E-state index in [1.54, 1.807) is 6.92 Å². The number of carbonyl (C=O) groups is 1. The summed E-state index contributed by atoms with van der Waals surface area (Å²) in [5.74, 6) is 1.82. The summed E-state index contributed by atoms with van der Waals surface area (Å²) in [6.45, 7) is 7.45. The number of amides is 1. The van der Waals surface area contributed by atoms with Crippen molar-refractivity contribution in [2.75, 3.05) is 39.4 Å². The van der Waals surface area contributed by atoms with Gasteiger partial charge in [0.15, 0.2) is 11.5 Å². The first-order valence-electron chi connectivity index (χ1n) is 7.30.